The standard InChI is InChI=1S/C15H24O4Si/c1-16-10-12-18-20(19-13-11-17-2)14-6-9-15-7-4-3-5-8-15/h3-9,20H,10-14H2,1-2H3. The molecule has 1 aromatic rings. The molecule has 5 heteroatoms. The first-order valence-electron chi connectivity index (χ1n) is 6.79. The predicted octanol–water partition coefficient (Wildman–Crippen LogP) is 2.25. The Bertz CT molecular complexity index is 346. The minimum Gasteiger partial charge on any atom is -0.394 e. The van der Waals surface area contributed by atoms with Crippen molar-refractivity contribution in [3.05, 3.63) is 42.0 Å². The van der Waals surface area contributed by atoms with E-state index in [1.54, 1.807) is 14.2 Å². The number of hydrogen-bond donors (Lipinski definition) is 0. The largest absolute Gasteiger partial charge is 0.394 e. The summed E-state index contributed by atoms with van der Waals surface area (Å²) in [6.07, 6.45) is 4.21. The van der Waals surface area contributed by atoms with Crippen LogP contribution in [0.15, 0.2) is 36.4 Å². The Morgan fingerprint density at radius 2 is 1.50 bits per heavy atom. The summed E-state index contributed by atoms with van der Waals surface area (Å²) >= 11 is 0. The third-order valence-electron chi connectivity index (χ3n) is 2.62. The van der Waals surface area contributed by atoms with E-state index < -0.39 is 9.28 Å². The van der Waals surface area contributed by atoms with Crippen LogP contribution < -0.4 is 0 Å². The zero-order valence-corrected chi connectivity index (χ0v) is 13.4. The Labute approximate surface area is 123 Å². The third kappa shape index (κ3) is 8.24. The van der Waals surface area contributed by atoms with Crippen LogP contribution in [0.25, 0.3) is 6.08 Å². The second-order valence-corrected chi connectivity index (χ2v) is 6.20. The van der Waals surface area contributed by atoms with E-state index in [4.69, 9.17) is 18.3 Å². The third-order valence-corrected chi connectivity index (χ3v) is 4.49. The van der Waals surface area contributed by atoms with Crippen molar-refractivity contribution in [1.29, 1.82) is 0 Å². The summed E-state index contributed by atoms with van der Waals surface area (Å²) in [5.41, 5.74) is 1.19. The topological polar surface area (TPSA) is 36.9 Å². The lowest BCUT2D eigenvalue weighted by Crippen LogP contribution is -2.25. The minimum absolute atomic E-state index is 0.583. The number of methoxy groups -OCH3 is 2. The average Bonchev–Trinajstić information content (AvgIpc) is 2.48. The Morgan fingerprint density at radius 1 is 0.900 bits per heavy atom. The number of ether oxygens (including phenoxy) is 2. The average molecular weight is 296 g/mol. The molecule has 0 unspecified atom stereocenters. The van der Waals surface area contributed by atoms with E-state index in [-0.39, 0.29) is 0 Å². The molecule has 0 aliphatic rings. The molecule has 0 atom stereocenters. The fourth-order valence-corrected chi connectivity index (χ4v) is 3.03. The molecule has 4 nitrogen and oxygen atoms in total. The lowest BCUT2D eigenvalue weighted by Gasteiger charge is -2.15. The van der Waals surface area contributed by atoms with E-state index in [1.807, 2.05) is 18.2 Å². The Balaban J connectivity index is 2.35. The van der Waals surface area contributed by atoms with Crippen molar-refractivity contribution in [1.82, 2.24) is 0 Å². The monoisotopic (exact) mass is 296 g/mol. The van der Waals surface area contributed by atoms with Gasteiger partial charge in [-0.05, 0) is 5.56 Å². The Morgan fingerprint density at radius 3 is 2.05 bits per heavy atom. The van der Waals surface area contributed by atoms with Gasteiger partial charge in [-0.25, -0.2) is 0 Å². The summed E-state index contributed by atoms with van der Waals surface area (Å²) in [5.74, 6) is 0. The van der Waals surface area contributed by atoms with Gasteiger partial charge in [-0.1, -0.05) is 42.5 Å². The van der Waals surface area contributed by atoms with Crippen molar-refractivity contribution in [2.45, 2.75) is 6.04 Å². The van der Waals surface area contributed by atoms with Gasteiger partial charge >= 0.3 is 9.28 Å². The van der Waals surface area contributed by atoms with Gasteiger partial charge in [0.15, 0.2) is 0 Å². The quantitative estimate of drug-likeness (QED) is 0.463. The summed E-state index contributed by atoms with van der Waals surface area (Å²) in [4.78, 5) is 0. The van der Waals surface area contributed by atoms with Gasteiger partial charge in [0.2, 0.25) is 0 Å². The number of hydrogen-bond acceptors (Lipinski definition) is 4. The summed E-state index contributed by atoms with van der Waals surface area (Å²) in [7, 11) is 1.65. The summed E-state index contributed by atoms with van der Waals surface area (Å²) in [6, 6.07) is 11.0. The van der Waals surface area contributed by atoms with E-state index in [0.29, 0.717) is 26.4 Å². The predicted molar refractivity (Wildman–Crippen MR) is 83.1 cm³/mol. The minimum atomic E-state index is -1.68. The van der Waals surface area contributed by atoms with Gasteiger partial charge < -0.3 is 18.3 Å². The maximum atomic E-state index is 5.75. The van der Waals surface area contributed by atoms with Crippen molar-refractivity contribution in [3.8, 4) is 0 Å². The van der Waals surface area contributed by atoms with E-state index >= 15 is 0 Å². The first-order chi connectivity index (χ1) is 9.86. The smallest absolute Gasteiger partial charge is 0.325 e. The molecule has 1 rings (SSSR count). The molecule has 0 N–H and O–H groups in total. The SMILES string of the molecule is COCCO[SiH](CC=Cc1ccccc1)OCCOC. The number of benzene rings is 1. The Kier molecular flexibility index (Phi) is 10.1. The summed E-state index contributed by atoms with van der Waals surface area (Å²) < 4.78 is 21.5. The van der Waals surface area contributed by atoms with Crippen LogP contribution in [-0.4, -0.2) is 49.9 Å². The van der Waals surface area contributed by atoms with Gasteiger partial charge in [-0.3, -0.25) is 0 Å². The maximum absolute atomic E-state index is 5.75. The number of allylic oxidation sites excluding steroid dienone is 1. The highest BCUT2D eigenvalue weighted by Crippen LogP contribution is 2.05. The molecule has 0 radical (unpaired) electrons. The van der Waals surface area contributed by atoms with Crippen LogP contribution in [0.2, 0.25) is 6.04 Å². The van der Waals surface area contributed by atoms with Gasteiger partial charge in [0.25, 0.3) is 0 Å². The van der Waals surface area contributed by atoms with Crippen LogP contribution in [0, 0.1) is 0 Å². The van der Waals surface area contributed by atoms with Crippen molar-refractivity contribution in [2.24, 2.45) is 0 Å². The molecule has 0 aliphatic carbocycles. The van der Waals surface area contributed by atoms with Crippen LogP contribution >= 0.6 is 0 Å². The van der Waals surface area contributed by atoms with Crippen LogP contribution in [0.3, 0.4) is 0 Å². The lowest BCUT2D eigenvalue weighted by atomic mass is 10.2. The highest BCUT2D eigenvalue weighted by atomic mass is 28.3. The molecule has 0 amide bonds. The van der Waals surface area contributed by atoms with Gasteiger partial charge in [0.05, 0.1) is 26.4 Å². The molecular formula is C15H24O4Si. The first-order valence-corrected chi connectivity index (χ1v) is 8.55. The molecule has 0 saturated heterocycles. The van der Waals surface area contributed by atoms with Gasteiger partial charge in [0, 0.05) is 20.3 Å². The zero-order chi connectivity index (χ0) is 14.5. The fourth-order valence-electron chi connectivity index (χ4n) is 1.59. The summed E-state index contributed by atoms with van der Waals surface area (Å²) in [6.45, 7) is 2.36. The molecule has 0 aliphatic heterocycles. The molecule has 0 fully saturated rings. The fraction of sp³-hybridized carbons (Fsp3) is 0.467. The zero-order valence-electron chi connectivity index (χ0n) is 12.3. The van der Waals surface area contributed by atoms with Crippen molar-refractivity contribution in [3.63, 3.8) is 0 Å². The van der Waals surface area contributed by atoms with E-state index in [0.717, 1.165) is 6.04 Å². The lowest BCUT2D eigenvalue weighted by molar-refractivity contribution is 0.101. The Hall–Kier alpha value is -0.983. The van der Waals surface area contributed by atoms with E-state index in [2.05, 4.69) is 24.3 Å². The first kappa shape index (κ1) is 17.1. The molecule has 0 bridgehead atoms. The summed E-state index contributed by atoms with van der Waals surface area (Å²) in [5, 5.41) is 0. The molecule has 20 heavy (non-hydrogen) atoms. The maximum Gasteiger partial charge on any atom is 0.325 e. The highest BCUT2D eigenvalue weighted by molar-refractivity contribution is 6.45. The molecular weight excluding hydrogens is 272 g/mol. The molecule has 0 saturated carbocycles. The van der Waals surface area contributed by atoms with Crippen molar-refractivity contribution < 1.29 is 18.3 Å². The van der Waals surface area contributed by atoms with Crippen LogP contribution in [0.4, 0.5) is 0 Å². The molecule has 112 valence electrons. The second kappa shape index (κ2) is 11.8. The van der Waals surface area contributed by atoms with Gasteiger partial charge in [-0.15, -0.1) is 0 Å². The van der Waals surface area contributed by atoms with E-state index in [1.165, 1.54) is 5.56 Å². The van der Waals surface area contributed by atoms with Crippen molar-refractivity contribution in [2.75, 3.05) is 40.6 Å². The number of rotatable bonds is 11. The molecule has 0 spiro atoms. The van der Waals surface area contributed by atoms with Crippen LogP contribution in [-0.2, 0) is 18.3 Å². The van der Waals surface area contributed by atoms with Crippen LogP contribution in [0.5, 0.6) is 0 Å². The van der Waals surface area contributed by atoms with E-state index in [9.17, 15) is 0 Å². The molecule has 1 aromatic carbocycles. The van der Waals surface area contributed by atoms with Gasteiger partial charge in [0.1, 0.15) is 0 Å². The van der Waals surface area contributed by atoms with Gasteiger partial charge in [-0.2, -0.15) is 0 Å². The van der Waals surface area contributed by atoms with Crippen molar-refractivity contribution >= 4 is 15.4 Å². The highest BCUT2D eigenvalue weighted by Gasteiger charge is 2.11. The normalized spacial score (nSPS) is 11.6. The second-order valence-electron chi connectivity index (χ2n) is 4.21. The van der Waals surface area contributed by atoms with Crippen LogP contribution in [0.1, 0.15) is 5.56 Å². The molecule has 0 aromatic heterocycles. The molecule has 0 heterocycles.